The van der Waals surface area contributed by atoms with E-state index in [0.29, 0.717) is 11.4 Å². The highest BCUT2D eigenvalue weighted by atomic mass is 79.9. The van der Waals surface area contributed by atoms with Gasteiger partial charge in [0.1, 0.15) is 18.3 Å². The molecule has 2 amide bonds. The summed E-state index contributed by atoms with van der Waals surface area (Å²) in [6, 6.07) is 12.9. The highest BCUT2D eigenvalue weighted by Gasteiger charge is 2.30. The third-order valence-electron chi connectivity index (χ3n) is 4.88. The van der Waals surface area contributed by atoms with Crippen LogP contribution in [0.15, 0.2) is 53.0 Å². The molecule has 10 heteroatoms. The Labute approximate surface area is 204 Å². The van der Waals surface area contributed by atoms with Crippen LogP contribution in [0.2, 0.25) is 0 Å². The largest absolute Gasteiger partial charge is 0.497 e. The topological polar surface area (TPSA) is 96.0 Å². The van der Waals surface area contributed by atoms with Crippen LogP contribution in [0, 0.1) is 0 Å². The van der Waals surface area contributed by atoms with Crippen molar-refractivity contribution in [2.75, 3.05) is 24.2 Å². The van der Waals surface area contributed by atoms with Crippen molar-refractivity contribution < 1.29 is 22.7 Å². The molecule has 2 aromatic rings. The number of carbonyl (C=O) groups is 2. The van der Waals surface area contributed by atoms with Crippen LogP contribution in [0.5, 0.6) is 5.75 Å². The molecule has 0 aliphatic heterocycles. The van der Waals surface area contributed by atoms with Crippen molar-refractivity contribution >= 4 is 43.5 Å². The molecule has 0 bridgehead atoms. The fraction of sp³-hybridized carbons (Fsp3) is 0.391. The van der Waals surface area contributed by atoms with E-state index in [4.69, 9.17) is 4.74 Å². The molecule has 1 atom stereocenters. The molecule has 0 spiro atoms. The lowest BCUT2D eigenvalue weighted by molar-refractivity contribution is -0.139. The van der Waals surface area contributed by atoms with E-state index in [9.17, 15) is 18.0 Å². The molecule has 0 heterocycles. The summed E-state index contributed by atoms with van der Waals surface area (Å²) >= 11 is 3.32. The number of hydrogen-bond donors (Lipinski definition) is 1. The van der Waals surface area contributed by atoms with Gasteiger partial charge < -0.3 is 15.0 Å². The van der Waals surface area contributed by atoms with Gasteiger partial charge in [0.15, 0.2) is 0 Å². The van der Waals surface area contributed by atoms with E-state index in [1.165, 1.54) is 4.90 Å². The minimum absolute atomic E-state index is 0.107. The minimum atomic E-state index is -3.76. The third-order valence-corrected chi connectivity index (χ3v) is 6.55. The number of anilines is 1. The van der Waals surface area contributed by atoms with E-state index in [-0.39, 0.29) is 18.5 Å². The van der Waals surface area contributed by atoms with Gasteiger partial charge in [0.25, 0.3) is 0 Å². The zero-order valence-electron chi connectivity index (χ0n) is 19.4. The summed E-state index contributed by atoms with van der Waals surface area (Å²) in [6.07, 6.45) is 1.05. The first-order chi connectivity index (χ1) is 15.4. The monoisotopic (exact) mass is 539 g/mol. The van der Waals surface area contributed by atoms with Gasteiger partial charge in [-0.3, -0.25) is 13.9 Å². The molecule has 0 aliphatic carbocycles. The smallest absolute Gasteiger partial charge is 0.244 e. The zero-order valence-corrected chi connectivity index (χ0v) is 21.8. The van der Waals surface area contributed by atoms with Crippen LogP contribution >= 0.6 is 15.9 Å². The fourth-order valence-electron chi connectivity index (χ4n) is 3.18. The van der Waals surface area contributed by atoms with Crippen molar-refractivity contribution in [3.8, 4) is 5.75 Å². The predicted octanol–water partition coefficient (Wildman–Crippen LogP) is 3.17. The second kappa shape index (κ2) is 11.5. The number of benzene rings is 2. The molecular weight excluding hydrogens is 510 g/mol. The Morgan fingerprint density at radius 2 is 1.73 bits per heavy atom. The van der Waals surface area contributed by atoms with E-state index < -0.39 is 28.5 Å². The van der Waals surface area contributed by atoms with Crippen LogP contribution in [0.4, 0.5) is 5.69 Å². The Morgan fingerprint density at radius 1 is 1.09 bits per heavy atom. The average Bonchev–Trinajstić information content (AvgIpc) is 2.74. The quantitative estimate of drug-likeness (QED) is 0.500. The Bertz CT molecular complexity index is 1070. The summed E-state index contributed by atoms with van der Waals surface area (Å²) in [6.45, 7) is 4.96. The van der Waals surface area contributed by atoms with Crippen LogP contribution in [0.1, 0.15) is 26.3 Å². The number of ether oxygens (including phenoxy) is 1. The number of hydrogen-bond acceptors (Lipinski definition) is 5. The van der Waals surface area contributed by atoms with E-state index in [2.05, 4.69) is 21.2 Å². The molecule has 0 aliphatic rings. The highest BCUT2D eigenvalue weighted by molar-refractivity contribution is 9.10. The maximum absolute atomic E-state index is 13.4. The first kappa shape index (κ1) is 26.7. The van der Waals surface area contributed by atoms with Gasteiger partial charge in [0.05, 0.1) is 19.1 Å². The van der Waals surface area contributed by atoms with Crippen molar-refractivity contribution in [3.05, 3.63) is 58.6 Å². The summed E-state index contributed by atoms with van der Waals surface area (Å²) < 4.78 is 32.1. The zero-order chi connectivity index (χ0) is 24.8. The molecule has 0 radical (unpaired) electrons. The van der Waals surface area contributed by atoms with Crippen LogP contribution in [-0.4, -0.2) is 57.1 Å². The van der Waals surface area contributed by atoms with Crippen molar-refractivity contribution in [1.29, 1.82) is 0 Å². The van der Waals surface area contributed by atoms with Gasteiger partial charge in [-0.05, 0) is 62.7 Å². The van der Waals surface area contributed by atoms with Gasteiger partial charge in [-0.1, -0.05) is 28.1 Å². The summed E-state index contributed by atoms with van der Waals surface area (Å²) in [4.78, 5) is 27.5. The molecule has 180 valence electrons. The summed E-state index contributed by atoms with van der Waals surface area (Å²) in [7, 11) is -2.21. The molecule has 0 saturated carbocycles. The second-order valence-corrected chi connectivity index (χ2v) is 10.8. The number of carbonyl (C=O) groups excluding carboxylic acids is 2. The number of nitrogens with zero attached hydrogens (tertiary/aromatic N) is 2. The van der Waals surface area contributed by atoms with Gasteiger partial charge in [-0.2, -0.15) is 0 Å². The normalized spacial score (nSPS) is 12.2. The standard InChI is InChI=1S/C23H30BrN3O5S/c1-16(2)25-23(29)17(3)26(14-18-7-6-8-21(13-18)32-4)22(28)15-27(33(5,30)31)20-11-9-19(24)10-12-20/h6-13,16-17H,14-15H2,1-5H3,(H,25,29). The molecule has 0 fully saturated rings. The molecule has 8 nitrogen and oxygen atoms in total. The van der Waals surface area contributed by atoms with Crippen molar-refractivity contribution in [2.45, 2.75) is 39.4 Å². The van der Waals surface area contributed by atoms with Crippen LogP contribution < -0.4 is 14.4 Å². The third kappa shape index (κ3) is 7.75. The van der Waals surface area contributed by atoms with Gasteiger partial charge in [-0.15, -0.1) is 0 Å². The van der Waals surface area contributed by atoms with Crippen LogP contribution in [-0.2, 0) is 26.2 Å². The Hall–Kier alpha value is -2.59. The van der Waals surface area contributed by atoms with E-state index in [1.807, 2.05) is 19.9 Å². The molecular formula is C23H30BrN3O5S. The van der Waals surface area contributed by atoms with Gasteiger partial charge in [0.2, 0.25) is 21.8 Å². The molecule has 1 unspecified atom stereocenters. The molecule has 1 N–H and O–H groups in total. The lowest BCUT2D eigenvalue weighted by Crippen LogP contribution is -2.52. The lowest BCUT2D eigenvalue weighted by atomic mass is 10.1. The van der Waals surface area contributed by atoms with Gasteiger partial charge >= 0.3 is 0 Å². The Balaban J connectivity index is 2.39. The first-order valence-corrected chi connectivity index (χ1v) is 13.0. The van der Waals surface area contributed by atoms with E-state index >= 15 is 0 Å². The molecule has 0 saturated heterocycles. The fourth-order valence-corrected chi connectivity index (χ4v) is 4.29. The molecule has 0 aromatic heterocycles. The van der Waals surface area contributed by atoms with E-state index in [0.717, 1.165) is 20.6 Å². The number of methoxy groups -OCH3 is 1. The van der Waals surface area contributed by atoms with Crippen LogP contribution in [0.3, 0.4) is 0 Å². The van der Waals surface area contributed by atoms with Crippen molar-refractivity contribution in [3.63, 3.8) is 0 Å². The number of nitrogens with one attached hydrogen (secondary N) is 1. The molecule has 2 rings (SSSR count). The lowest BCUT2D eigenvalue weighted by Gasteiger charge is -2.32. The minimum Gasteiger partial charge on any atom is -0.497 e. The average molecular weight is 540 g/mol. The van der Waals surface area contributed by atoms with Gasteiger partial charge in [-0.25, -0.2) is 8.42 Å². The van der Waals surface area contributed by atoms with E-state index in [1.54, 1.807) is 56.5 Å². The molecule has 33 heavy (non-hydrogen) atoms. The maximum atomic E-state index is 13.4. The predicted molar refractivity (Wildman–Crippen MR) is 133 cm³/mol. The second-order valence-electron chi connectivity index (χ2n) is 7.96. The number of halogens is 1. The highest BCUT2D eigenvalue weighted by Crippen LogP contribution is 2.22. The van der Waals surface area contributed by atoms with Crippen LogP contribution in [0.25, 0.3) is 0 Å². The Kier molecular flexibility index (Phi) is 9.30. The first-order valence-electron chi connectivity index (χ1n) is 10.4. The van der Waals surface area contributed by atoms with Crippen molar-refractivity contribution in [2.24, 2.45) is 0 Å². The van der Waals surface area contributed by atoms with Crippen molar-refractivity contribution in [1.82, 2.24) is 10.2 Å². The summed E-state index contributed by atoms with van der Waals surface area (Å²) in [5.41, 5.74) is 1.11. The Morgan fingerprint density at radius 3 is 2.27 bits per heavy atom. The number of rotatable bonds is 10. The SMILES string of the molecule is COc1cccc(CN(C(=O)CN(c2ccc(Br)cc2)S(C)(=O)=O)C(C)C(=O)NC(C)C)c1. The number of amides is 2. The summed E-state index contributed by atoms with van der Waals surface area (Å²) in [5.74, 6) is -0.208. The van der Waals surface area contributed by atoms with Gasteiger partial charge in [0, 0.05) is 17.1 Å². The maximum Gasteiger partial charge on any atom is 0.244 e. The number of sulfonamides is 1. The summed E-state index contributed by atoms with van der Waals surface area (Å²) in [5, 5.41) is 2.81. The molecule has 2 aromatic carbocycles.